The van der Waals surface area contributed by atoms with Crippen molar-refractivity contribution >= 4 is 5.97 Å². The van der Waals surface area contributed by atoms with E-state index in [9.17, 15) is 35.4 Å². The molecule has 0 aliphatic carbocycles. The number of carbonyl (C=O) groups excluding carboxylic acids is 1. The summed E-state index contributed by atoms with van der Waals surface area (Å²) in [6, 6.07) is 0. The maximum absolute atomic E-state index is 12.0. The molecule has 0 aromatic heterocycles. The van der Waals surface area contributed by atoms with Gasteiger partial charge in [-0.2, -0.15) is 0 Å². The fourth-order valence-electron chi connectivity index (χ4n) is 4.65. The molecular weight excluding hydrogens is 488 g/mol. The number of carbonyl (C=O) groups is 1. The Balaban J connectivity index is 1.42. The van der Waals surface area contributed by atoms with Crippen molar-refractivity contribution in [3.8, 4) is 0 Å². The van der Waals surface area contributed by atoms with E-state index >= 15 is 0 Å². The number of hydrogen-bond donors (Lipinski definition) is 6. The number of rotatable bonds is 16. The first-order valence-electron chi connectivity index (χ1n) is 13.8. The van der Waals surface area contributed by atoms with E-state index in [0.29, 0.717) is 6.42 Å². The molecule has 2 aliphatic rings. The molecule has 0 bridgehead atoms. The highest BCUT2D eigenvalue weighted by atomic mass is 16.7. The van der Waals surface area contributed by atoms with Gasteiger partial charge in [-0.25, -0.2) is 0 Å². The molecule has 2 rings (SSSR count). The number of ether oxygens (including phenoxy) is 4. The lowest BCUT2D eigenvalue weighted by Gasteiger charge is -2.39. The molecule has 2 fully saturated rings. The quantitative estimate of drug-likeness (QED) is 0.122. The van der Waals surface area contributed by atoms with Crippen LogP contribution in [0.15, 0.2) is 0 Å². The molecule has 0 saturated carbocycles. The molecule has 218 valence electrons. The monoisotopic (exact) mass is 536 g/mol. The summed E-state index contributed by atoms with van der Waals surface area (Å²) < 4.78 is 21.6. The van der Waals surface area contributed by atoms with Crippen molar-refractivity contribution in [2.24, 2.45) is 0 Å². The van der Waals surface area contributed by atoms with Crippen LogP contribution in [0.25, 0.3) is 0 Å². The van der Waals surface area contributed by atoms with Crippen LogP contribution in [-0.2, 0) is 23.7 Å². The van der Waals surface area contributed by atoms with Gasteiger partial charge in [0.2, 0.25) is 6.29 Å². The maximum Gasteiger partial charge on any atom is 0.308 e. The van der Waals surface area contributed by atoms with Gasteiger partial charge in [0.1, 0.15) is 30.5 Å². The van der Waals surface area contributed by atoms with Gasteiger partial charge >= 0.3 is 5.97 Å². The minimum Gasteiger partial charge on any atom is -0.433 e. The second kappa shape index (κ2) is 16.9. The summed E-state index contributed by atoms with van der Waals surface area (Å²) in [5, 5.41) is 58.3. The largest absolute Gasteiger partial charge is 0.433 e. The van der Waals surface area contributed by atoms with Crippen molar-refractivity contribution in [3.05, 3.63) is 0 Å². The topological polar surface area (TPSA) is 175 Å². The molecule has 37 heavy (non-hydrogen) atoms. The minimum atomic E-state index is -1.57. The number of esters is 1. The second-order valence-corrected chi connectivity index (χ2v) is 10.4. The molecule has 0 unspecified atom stereocenters. The van der Waals surface area contributed by atoms with Gasteiger partial charge in [-0.3, -0.25) is 4.79 Å². The van der Waals surface area contributed by atoms with Crippen LogP contribution in [0.3, 0.4) is 0 Å². The lowest BCUT2D eigenvalue weighted by molar-refractivity contribution is -0.292. The highest BCUT2D eigenvalue weighted by Crippen LogP contribution is 2.24. The highest BCUT2D eigenvalue weighted by molar-refractivity contribution is 5.69. The van der Waals surface area contributed by atoms with Crippen molar-refractivity contribution in [1.82, 2.24) is 0 Å². The summed E-state index contributed by atoms with van der Waals surface area (Å²) in [4.78, 5) is 12.0. The smallest absolute Gasteiger partial charge is 0.308 e. The Bertz CT molecular complexity index is 634. The standard InChI is InChI=1S/C26H48O11/c1-16(34-25-19(29)14-18(28)17(2)35-25)12-10-8-6-4-3-5-7-9-11-13-21(30)37-26-24(33)23(32)22(31)20(15-27)36-26/h16-20,22-29,31-33H,3-15H2,1-2H3/t16-,17+,18-,19-,20-,22-,23+,24-,25-,26+/m1/s1. The molecule has 6 N–H and O–H groups in total. The Morgan fingerprint density at radius 2 is 1.41 bits per heavy atom. The molecule has 0 amide bonds. The van der Waals surface area contributed by atoms with E-state index in [2.05, 4.69) is 0 Å². The zero-order valence-electron chi connectivity index (χ0n) is 22.2. The third kappa shape index (κ3) is 11.0. The molecule has 11 heteroatoms. The van der Waals surface area contributed by atoms with E-state index in [1.807, 2.05) is 6.92 Å². The van der Waals surface area contributed by atoms with Crippen molar-refractivity contribution in [1.29, 1.82) is 0 Å². The van der Waals surface area contributed by atoms with Gasteiger partial charge < -0.3 is 49.6 Å². The summed E-state index contributed by atoms with van der Waals surface area (Å²) in [5.41, 5.74) is 0. The van der Waals surface area contributed by atoms with E-state index in [0.717, 1.165) is 57.8 Å². The molecule has 0 spiro atoms. The fraction of sp³-hybridized carbons (Fsp3) is 0.962. The van der Waals surface area contributed by atoms with Gasteiger partial charge in [-0.15, -0.1) is 0 Å². The zero-order chi connectivity index (χ0) is 27.4. The normalized spacial score (nSPS) is 35.3. The molecule has 0 aromatic carbocycles. The second-order valence-electron chi connectivity index (χ2n) is 10.4. The minimum absolute atomic E-state index is 0.0190. The predicted octanol–water partition coefficient (Wildman–Crippen LogP) is 0.882. The third-order valence-electron chi connectivity index (χ3n) is 7.14. The van der Waals surface area contributed by atoms with E-state index in [-0.39, 0.29) is 25.0 Å². The van der Waals surface area contributed by atoms with Gasteiger partial charge in [0.25, 0.3) is 0 Å². The molecule has 0 radical (unpaired) electrons. The van der Waals surface area contributed by atoms with Crippen LogP contribution in [0.1, 0.15) is 90.9 Å². The van der Waals surface area contributed by atoms with Crippen LogP contribution in [0.2, 0.25) is 0 Å². The lowest BCUT2D eigenvalue weighted by atomic mass is 9.99. The predicted molar refractivity (Wildman–Crippen MR) is 132 cm³/mol. The number of unbranched alkanes of at least 4 members (excludes halogenated alkanes) is 8. The SMILES string of the molecule is C[C@H](CCCCCCCCCCCC(=O)O[C@@H]1O[C@H](CO)[C@@H](O)[C@H](O)[C@H]1O)O[C@@H]1O[C@@H](C)[C@H](O)C[C@H]1O. The van der Waals surface area contributed by atoms with Crippen LogP contribution < -0.4 is 0 Å². The van der Waals surface area contributed by atoms with Crippen LogP contribution in [0.5, 0.6) is 0 Å². The van der Waals surface area contributed by atoms with E-state index in [1.54, 1.807) is 6.92 Å². The van der Waals surface area contributed by atoms with E-state index in [4.69, 9.17) is 18.9 Å². The lowest BCUT2D eigenvalue weighted by Crippen LogP contribution is -2.59. The average molecular weight is 537 g/mol. The van der Waals surface area contributed by atoms with Crippen LogP contribution in [-0.4, -0.2) is 105 Å². The van der Waals surface area contributed by atoms with E-state index < -0.39 is 61.8 Å². The van der Waals surface area contributed by atoms with Gasteiger partial charge in [-0.05, 0) is 26.7 Å². The molecule has 10 atom stereocenters. The Morgan fingerprint density at radius 1 is 0.811 bits per heavy atom. The molecule has 11 nitrogen and oxygen atoms in total. The molecule has 0 aromatic rings. The average Bonchev–Trinajstić information content (AvgIpc) is 2.86. The first-order chi connectivity index (χ1) is 17.6. The summed E-state index contributed by atoms with van der Waals surface area (Å²) in [6.45, 7) is 3.18. The molecule has 2 aliphatic heterocycles. The molecule has 2 heterocycles. The Labute approximate surface area is 219 Å². The number of aliphatic hydroxyl groups is 6. The van der Waals surface area contributed by atoms with Gasteiger partial charge in [0.15, 0.2) is 6.29 Å². The Hall–Kier alpha value is -0.890. The van der Waals surface area contributed by atoms with Crippen LogP contribution in [0.4, 0.5) is 0 Å². The first kappa shape index (κ1) is 32.3. The first-order valence-corrected chi connectivity index (χ1v) is 13.8. The Morgan fingerprint density at radius 3 is 2.03 bits per heavy atom. The Kier molecular flexibility index (Phi) is 14.8. The van der Waals surface area contributed by atoms with Crippen molar-refractivity contribution < 1.29 is 54.4 Å². The summed E-state index contributed by atoms with van der Waals surface area (Å²) in [6.07, 6.45) is 0.875. The van der Waals surface area contributed by atoms with Crippen molar-refractivity contribution in [2.75, 3.05) is 6.61 Å². The summed E-state index contributed by atoms with van der Waals surface area (Å²) in [7, 11) is 0. The molecular formula is C26H48O11. The van der Waals surface area contributed by atoms with Crippen LogP contribution >= 0.6 is 0 Å². The van der Waals surface area contributed by atoms with Crippen molar-refractivity contribution in [3.63, 3.8) is 0 Å². The van der Waals surface area contributed by atoms with Gasteiger partial charge in [0, 0.05) is 12.8 Å². The van der Waals surface area contributed by atoms with Crippen molar-refractivity contribution in [2.45, 2.75) is 152 Å². The number of aliphatic hydroxyl groups excluding tert-OH is 6. The maximum atomic E-state index is 12.0. The summed E-state index contributed by atoms with van der Waals surface area (Å²) in [5.74, 6) is -0.556. The summed E-state index contributed by atoms with van der Waals surface area (Å²) >= 11 is 0. The highest BCUT2D eigenvalue weighted by Gasteiger charge is 2.45. The number of hydrogen-bond acceptors (Lipinski definition) is 11. The zero-order valence-corrected chi connectivity index (χ0v) is 22.2. The third-order valence-corrected chi connectivity index (χ3v) is 7.14. The van der Waals surface area contributed by atoms with Crippen LogP contribution in [0, 0.1) is 0 Å². The fourth-order valence-corrected chi connectivity index (χ4v) is 4.65. The van der Waals surface area contributed by atoms with Gasteiger partial charge in [-0.1, -0.05) is 51.4 Å². The van der Waals surface area contributed by atoms with E-state index in [1.165, 1.54) is 0 Å². The molecule has 2 saturated heterocycles. The van der Waals surface area contributed by atoms with Gasteiger partial charge in [0.05, 0.1) is 24.9 Å².